The van der Waals surface area contributed by atoms with Crippen LogP contribution < -0.4 is 0 Å². The van der Waals surface area contributed by atoms with Crippen LogP contribution in [0.1, 0.15) is 17.2 Å². The normalized spacial score (nSPS) is 29.9. The molecule has 2 aliphatic rings. The van der Waals surface area contributed by atoms with E-state index >= 15 is 0 Å². The molecule has 0 spiro atoms. The van der Waals surface area contributed by atoms with Gasteiger partial charge >= 0.3 is 5.38 Å². The molecular weight excluding hydrogens is 294 g/mol. The van der Waals surface area contributed by atoms with Crippen LogP contribution in [0.15, 0.2) is 24.3 Å². The zero-order valence-electron chi connectivity index (χ0n) is 10.2. The van der Waals surface area contributed by atoms with E-state index in [1.807, 2.05) is 12.1 Å². The molecule has 0 radical (unpaired) electrons. The van der Waals surface area contributed by atoms with Crippen molar-refractivity contribution in [1.29, 1.82) is 0 Å². The van der Waals surface area contributed by atoms with Gasteiger partial charge < -0.3 is 0 Å². The van der Waals surface area contributed by atoms with E-state index in [-0.39, 0.29) is 0 Å². The Hall–Kier alpha value is -1.31. The number of hydroxylamine groups is 2. The van der Waals surface area contributed by atoms with Crippen LogP contribution in [0.25, 0.3) is 0 Å². The van der Waals surface area contributed by atoms with Gasteiger partial charge in [-0.2, -0.15) is 13.8 Å². The van der Waals surface area contributed by atoms with Crippen molar-refractivity contribution in [2.45, 2.75) is 30.0 Å². The highest BCUT2D eigenvalue weighted by molar-refractivity contribution is 6.22. The van der Waals surface area contributed by atoms with Crippen LogP contribution in [0.4, 0.5) is 8.78 Å². The quantitative estimate of drug-likeness (QED) is 0.478. The van der Waals surface area contributed by atoms with Crippen molar-refractivity contribution >= 4 is 11.6 Å². The zero-order valence-corrected chi connectivity index (χ0v) is 11.0. The first-order valence-electron chi connectivity index (χ1n) is 6.11. The topological polar surface area (TPSA) is 55.6 Å². The van der Waals surface area contributed by atoms with Crippen LogP contribution in [0.5, 0.6) is 0 Å². The van der Waals surface area contributed by atoms with Gasteiger partial charge in [0.15, 0.2) is 0 Å². The molecule has 3 rings (SSSR count). The second-order valence-corrected chi connectivity index (χ2v) is 5.38. The summed E-state index contributed by atoms with van der Waals surface area (Å²) in [6, 6.07) is 4.68. The summed E-state index contributed by atoms with van der Waals surface area (Å²) in [6.45, 7) is 0.329. The molecule has 1 aromatic carbocycles. The van der Waals surface area contributed by atoms with Crippen LogP contribution in [0, 0.1) is 10.1 Å². The van der Waals surface area contributed by atoms with Gasteiger partial charge in [0, 0.05) is 11.5 Å². The minimum Gasteiger partial charge on any atom is -0.280 e. The van der Waals surface area contributed by atoms with Gasteiger partial charge in [-0.3, -0.25) is 15.0 Å². The highest BCUT2D eigenvalue weighted by atomic mass is 35.5. The van der Waals surface area contributed by atoms with Crippen LogP contribution in [-0.2, 0) is 11.3 Å². The fraction of sp³-hybridized carbons (Fsp3) is 0.500. The fourth-order valence-corrected chi connectivity index (χ4v) is 3.07. The van der Waals surface area contributed by atoms with Crippen LogP contribution in [0.2, 0.25) is 0 Å². The molecule has 108 valence electrons. The van der Waals surface area contributed by atoms with Crippen molar-refractivity contribution in [3.05, 3.63) is 45.5 Å². The summed E-state index contributed by atoms with van der Waals surface area (Å²) in [7, 11) is 0. The molecule has 1 aromatic rings. The van der Waals surface area contributed by atoms with Gasteiger partial charge in [0.25, 0.3) is 6.04 Å². The first kappa shape index (κ1) is 13.7. The van der Waals surface area contributed by atoms with Crippen molar-refractivity contribution in [1.82, 2.24) is 5.06 Å². The third-order valence-corrected chi connectivity index (χ3v) is 3.95. The molecule has 0 aromatic heterocycles. The molecule has 0 N–H and O–H groups in total. The Morgan fingerprint density at radius 3 is 2.80 bits per heavy atom. The SMILES string of the molecule is O=[N+]([O-])[C@H]1[C@@H]2c3ccccc3CCN2O[C@@H]1C(F)(F)Cl. The van der Waals surface area contributed by atoms with Gasteiger partial charge in [-0.05, 0) is 29.1 Å². The van der Waals surface area contributed by atoms with E-state index in [1.54, 1.807) is 12.1 Å². The molecule has 0 saturated carbocycles. The predicted molar refractivity (Wildman–Crippen MR) is 66.0 cm³/mol. The lowest BCUT2D eigenvalue weighted by atomic mass is 9.89. The molecule has 0 amide bonds. The van der Waals surface area contributed by atoms with Crippen molar-refractivity contribution in [3.63, 3.8) is 0 Å². The van der Waals surface area contributed by atoms with Crippen LogP contribution >= 0.6 is 11.6 Å². The van der Waals surface area contributed by atoms with Crippen molar-refractivity contribution in [3.8, 4) is 0 Å². The lowest BCUT2D eigenvalue weighted by Crippen LogP contribution is -2.43. The first-order valence-corrected chi connectivity index (χ1v) is 6.49. The highest BCUT2D eigenvalue weighted by Crippen LogP contribution is 2.45. The Morgan fingerprint density at radius 2 is 2.15 bits per heavy atom. The summed E-state index contributed by atoms with van der Waals surface area (Å²) < 4.78 is 26.7. The summed E-state index contributed by atoms with van der Waals surface area (Å²) in [5.74, 6) is 0. The van der Waals surface area contributed by atoms with E-state index in [0.717, 1.165) is 5.56 Å². The third-order valence-electron chi connectivity index (χ3n) is 3.73. The van der Waals surface area contributed by atoms with Gasteiger partial charge in [-0.15, -0.1) is 0 Å². The van der Waals surface area contributed by atoms with E-state index in [0.29, 0.717) is 18.5 Å². The maximum absolute atomic E-state index is 13.4. The highest BCUT2D eigenvalue weighted by Gasteiger charge is 2.62. The maximum Gasteiger partial charge on any atom is 0.356 e. The third kappa shape index (κ3) is 2.06. The number of halogens is 3. The van der Waals surface area contributed by atoms with Crippen LogP contribution in [0.3, 0.4) is 0 Å². The molecule has 0 aliphatic carbocycles. The van der Waals surface area contributed by atoms with E-state index in [4.69, 9.17) is 16.4 Å². The number of hydrogen-bond donors (Lipinski definition) is 0. The minimum atomic E-state index is -3.79. The van der Waals surface area contributed by atoms with Gasteiger partial charge in [0.1, 0.15) is 6.04 Å². The molecule has 1 saturated heterocycles. The Balaban J connectivity index is 2.06. The molecule has 1 fully saturated rings. The zero-order chi connectivity index (χ0) is 14.5. The Morgan fingerprint density at radius 1 is 1.45 bits per heavy atom. The summed E-state index contributed by atoms with van der Waals surface area (Å²) in [4.78, 5) is 15.6. The molecule has 2 heterocycles. The van der Waals surface area contributed by atoms with Crippen molar-refractivity contribution < 1.29 is 18.5 Å². The second kappa shape index (κ2) is 4.61. The average Bonchev–Trinajstić information content (AvgIpc) is 2.78. The van der Waals surface area contributed by atoms with Gasteiger partial charge in [-0.25, -0.2) is 0 Å². The summed E-state index contributed by atoms with van der Waals surface area (Å²) in [5, 5.41) is 8.70. The smallest absolute Gasteiger partial charge is 0.280 e. The Kier molecular flexibility index (Phi) is 3.15. The molecule has 2 aliphatic heterocycles. The molecule has 5 nitrogen and oxygen atoms in total. The lowest BCUT2D eigenvalue weighted by Gasteiger charge is -2.29. The summed E-state index contributed by atoms with van der Waals surface area (Å²) >= 11 is 4.98. The number of rotatable bonds is 2. The standard InChI is InChI=1S/C12H11ClF2N2O3/c13-12(14,15)11-10(17(18)19)9-8-4-2-1-3-7(8)5-6-16(9)20-11/h1-4,9-11H,5-6H2/t9-,10-,11-/m0/s1. The van der Waals surface area contributed by atoms with E-state index in [2.05, 4.69) is 0 Å². The first-order chi connectivity index (χ1) is 9.39. The number of benzene rings is 1. The fourth-order valence-electron chi connectivity index (χ4n) is 2.90. The number of hydrogen-bond acceptors (Lipinski definition) is 4. The summed E-state index contributed by atoms with van der Waals surface area (Å²) in [6.07, 6.45) is -1.37. The van der Waals surface area contributed by atoms with Gasteiger partial charge in [-0.1, -0.05) is 24.3 Å². The van der Waals surface area contributed by atoms with Gasteiger partial charge in [0.05, 0.1) is 0 Å². The maximum atomic E-state index is 13.4. The predicted octanol–water partition coefficient (Wildman–Crippen LogP) is 2.38. The minimum absolute atomic E-state index is 0.329. The monoisotopic (exact) mass is 304 g/mol. The number of nitrogens with zero attached hydrogens (tertiary/aromatic N) is 2. The summed E-state index contributed by atoms with van der Waals surface area (Å²) in [5.41, 5.74) is 1.58. The molecule has 20 heavy (non-hydrogen) atoms. The largest absolute Gasteiger partial charge is 0.356 e. The van der Waals surface area contributed by atoms with E-state index in [9.17, 15) is 18.9 Å². The molecule has 0 bridgehead atoms. The van der Waals surface area contributed by atoms with E-state index in [1.165, 1.54) is 5.06 Å². The second-order valence-electron chi connectivity index (χ2n) is 4.88. The van der Waals surface area contributed by atoms with Gasteiger partial charge in [0.2, 0.25) is 6.10 Å². The van der Waals surface area contributed by atoms with E-state index < -0.39 is 28.5 Å². The molecule has 3 atom stereocenters. The average molecular weight is 305 g/mol. The number of alkyl halides is 3. The number of fused-ring (bicyclic) bond motifs is 3. The van der Waals surface area contributed by atoms with Crippen LogP contribution in [-0.4, -0.2) is 34.1 Å². The Bertz CT molecular complexity index is 552. The van der Waals surface area contributed by atoms with Crippen molar-refractivity contribution in [2.75, 3.05) is 6.54 Å². The Labute approximate surface area is 118 Å². The molecule has 8 heteroatoms. The van der Waals surface area contributed by atoms with Crippen molar-refractivity contribution in [2.24, 2.45) is 0 Å². The number of nitro groups is 1. The molecule has 0 unspecified atom stereocenters. The molecular formula is C12H11ClF2N2O3. The lowest BCUT2D eigenvalue weighted by molar-refractivity contribution is -0.534.